The Kier molecular flexibility index (Phi) is 8.31. The third kappa shape index (κ3) is 5.41. The van der Waals surface area contributed by atoms with Crippen LogP contribution >= 0.6 is 12.2 Å². The van der Waals surface area contributed by atoms with Crippen LogP contribution in [0.2, 0.25) is 0 Å². The molecule has 0 fully saturated rings. The fraction of sp³-hybridized carbons (Fsp3) is 0.345. The zero-order valence-corrected chi connectivity index (χ0v) is 22.1. The topological polar surface area (TPSA) is 43.0 Å². The number of methoxy groups -OCH3 is 2. The molecule has 0 saturated carbocycles. The first-order valence-electron chi connectivity index (χ1n) is 12.3. The molecule has 0 radical (unpaired) electrons. The van der Waals surface area contributed by atoms with E-state index in [9.17, 15) is 4.39 Å². The van der Waals surface area contributed by atoms with Crippen LogP contribution in [-0.4, -0.2) is 37.4 Å². The summed E-state index contributed by atoms with van der Waals surface area (Å²) in [6, 6.07) is 16.3. The maximum atomic E-state index is 13.4. The lowest BCUT2D eigenvalue weighted by Gasteiger charge is -2.39. The van der Waals surface area contributed by atoms with Crippen molar-refractivity contribution in [3.8, 4) is 17.2 Å². The molecule has 0 unspecified atom stereocenters. The van der Waals surface area contributed by atoms with Gasteiger partial charge in [-0.2, -0.15) is 0 Å². The van der Waals surface area contributed by atoms with Gasteiger partial charge >= 0.3 is 0 Å². The van der Waals surface area contributed by atoms with E-state index < -0.39 is 0 Å². The van der Waals surface area contributed by atoms with E-state index in [4.69, 9.17) is 26.4 Å². The van der Waals surface area contributed by atoms with Crippen molar-refractivity contribution in [1.29, 1.82) is 0 Å². The average Bonchev–Trinajstić information content (AvgIpc) is 2.91. The molecule has 1 N–H and O–H groups in total. The van der Waals surface area contributed by atoms with Gasteiger partial charge in [0.25, 0.3) is 0 Å². The van der Waals surface area contributed by atoms with Gasteiger partial charge in [-0.25, -0.2) is 4.39 Å². The molecule has 36 heavy (non-hydrogen) atoms. The van der Waals surface area contributed by atoms with Gasteiger partial charge in [-0.15, -0.1) is 0 Å². The zero-order valence-electron chi connectivity index (χ0n) is 21.3. The number of ether oxygens (including phenoxy) is 3. The summed E-state index contributed by atoms with van der Waals surface area (Å²) in [4.78, 5) is 2.18. The van der Waals surface area contributed by atoms with Crippen LogP contribution in [-0.2, 0) is 19.3 Å². The van der Waals surface area contributed by atoms with Gasteiger partial charge in [-0.05, 0) is 90.1 Å². The van der Waals surface area contributed by atoms with E-state index in [0.29, 0.717) is 29.0 Å². The van der Waals surface area contributed by atoms with Crippen LogP contribution in [0.15, 0.2) is 54.6 Å². The van der Waals surface area contributed by atoms with Crippen LogP contribution in [0.25, 0.3) is 0 Å². The third-order valence-corrected chi connectivity index (χ3v) is 7.05. The quantitative estimate of drug-likeness (QED) is 0.358. The van der Waals surface area contributed by atoms with E-state index in [1.807, 2.05) is 12.1 Å². The number of anilines is 1. The van der Waals surface area contributed by atoms with Crippen molar-refractivity contribution in [2.75, 3.05) is 32.7 Å². The SMILES string of the molecule is CCc1cccc(CC)c1NC(=S)N1CCc2cc(OC)c(OC)cc2[C@H]1COc1ccc(F)cc1. The number of hydrogen-bond acceptors (Lipinski definition) is 4. The Morgan fingerprint density at radius 1 is 1.00 bits per heavy atom. The number of hydrogen-bond donors (Lipinski definition) is 1. The van der Waals surface area contributed by atoms with Crippen molar-refractivity contribution in [3.63, 3.8) is 0 Å². The lowest BCUT2D eigenvalue weighted by molar-refractivity contribution is 0.190. The van der Waals surface area contributed by atoms with Crippen molar-refractivity contribution in [2.45, 2.75) is 39.2 Å². The van der Waals surface area contributed by atoms with E-state index in [2.05, 4.69) is 42.3 Å². The van der Waals surface area contributed by atoms with Gasteiger partial charge in [-0.1, -0.05) is 32.0 Å². The Morgan fingerprint density at radius 3 is 2.25 bits per heavy atom. The molecule has 190 valence electrons. The molecule has 3 aromatic rings. The Labute approximate surface area is 218 Å². The summed E-state index contributed by atoms with van der Waals surface area (Å²) in [7, 11) is 3.28. The first-order valence-corrected chi connectivity index (χ1v) is 12.7. The maximum Gasteiger partial charge on any atom is 0.174 e. The molecule has 5 nitrogen and oxygen atoms in total. The number of benzene rings is 3. The molecule has 0 spiro atoms. The summed E-state index contributed by atoms with van der Waals surface area (Å²) in [5.41, 5.74) is 5.80. The monoisotopic (exact) mass is 508 g/mol. The second-order valence-electron chi connectivity index (χ2n) is 8.72. The van der Waals surface area contributed by atoms with Crippen molar-refractivity contribution in [1.82, 2.24) is 4.90 Å². The van der Waals surface area contributed by atoms with E-state index in [1.165, 1.54) is 28.8 Å². The minimum atomic E-state index is -0.296. The number of aryl methyl sites for hydroxylation is 2. The van der Waals surface area contributed by atoms with Crippen LogP contribution in [0, 0.1) is 5.82 Å². The average molecular weight is 509 g/mol. The number of thiocarbonyl (C=S) groups is 1. The first kappa shape index (κ1) is 25.8. The van der Waals surface area contributed by atoms with Gasteiger partial charge < -0.3 is 24.4 Å². The summed E-state index contributed by atoms with van der Waals surface area (Å²) in [6.07, 6.45) is 2.63. The molecule has 0 amide bonds. The summed E-state index contributed by atoms with van der Waals surface area (Å²) in [6.45, 7) is 5.37. The molecule has 1 aliphatic rings. The van der Waals surface area contributed by atoms with E-state index >= 15 is 0 Å². The zero-order chi connectivity index (χ0) is 25.7. The Balaban J connectivity index is 1.68. The van der Waals surface area contributed by atoms with Crippen molar-refractivity contribution in [3.05, 3.63) is 82.7 Å². The second-order valence-corrected chi connectivity index (χ2v) is 9.11. The molecule has 0 saturated heterocycles. The third-order valence-electron chi connectivity index (χ3n) is 6.72. The summed E-state index contributed by atoms with van der Waals surface area (Å²) in [5.74, 6) is 1.67. The number of nitrogens with zero attached hydrogens (tertiary/aromatic N) is 1. The molecule has 0 bridgehead atoms. The van der Waals surface area contributed by atoms with E-state index in [0.717, 1.165) is 37.1 Å². The van der Waals surface area contributed by atoms with Crippen molar-refractivity contribution >= 4 is 23.0 Å². The van der Waals surface area contributed by atoms with Gasteiger partial charge in [0.2, 0.25) is 0 Å². The predicted molar refractivity (Wildman–Crippen MR) is 146 cm³/mol. The summed E-state index contributed by atoms with van der Waals surface area (Å²) in [5, 5.41) is 4.22. The largest absolute Gasteiger partial charge is 0.493 e. The molecule has 4 rings (SSSR count). The highest BCUT2D eigenvalue weighted by molar-refractivity contribution is 7.80. The second kappa shape index (κ2) is 11.6. The lowest BCUT2D eigenvalue weighted by atomic mass is 9.92. The van der Waals surface area contributed by atoms with E-state index in [1.54, 1.807) is 26.4 Å². The normalized spacial score (nSPS) is 14.7. The van der Waals surface area contributed by atoms with Crippen LogP contribution in [0.4, 0.5) is 10.1 Å². The Bertz CT molecular complexity index is 1190. The van der Waals surface area contributed by atoms with Gasteiger partial charge in [0, 0.05) is 12.2 Å². The van der Waals surface area contributed by atoms with Crippen molar-refractivity contribution in [2.24, 2.45) is 0 Å². The van der Waals surface area contributed by atoms with E-state index in [-0.39, 0.29) is 11.9 Å². The fourth-order valence-electron chi connectivity index (χ4n) is 4.74. The summed E-state index contributed by atoms with van der Waals surface area (Å²) < 4.78 is 30.7. The molecule has 1 aliphatic heterocycles. The highest BCUT2D eigenvalue weighted by atomic mass is 32.1. The van der Waals surface area contributed by atoms with Crippen molar-refractivity contribution < 1.29 is 18.6 Å². The fourth-order valence-corrected chi connectivity index (χ4v) is 5.06. The maximum absolute atomic E-state index is 13.4. The van der Waals surface area contributed by atoms with Crippen LogP contribution in [0.3, 0.4) is 0 Å². The highest BCUT2D eigenvalue weighted by Crippen LogP contribution is 2.39. The number of para-hydroxylation sites is 1. The lowest BCUT2D eigenvalue weighted by Crippen LogP contribution is -2.44. The highest BCUT2D eigenvalue weighted by Gasteiger charge is 2.32. The van der Waals surface area contributed by atoms with Crippen LogP contribution in [0.1, 0.15) is 42.1 Å². The molecule has 7 heteroatoms. The molecule has 0 aliphatic carbocycles. The molecule has 1 atom stereocenters. The van der Waals surface area contributed by atoms with Gasteiger partial charge in [0.05, 0.1) is 20.3 Å². The number of fused-ring (bicyclic) bond motifs is 1. The van der Waals surface area contributed by atoms with Crippen LogP contribution < -0.4 is 19.5 Å². The van der Waals surface area contributed by atoms with Gasteiger partial charge in [0.1, 0.15) is 18.2 Å². The Morgan fingerprint density at radius 2 is 1.64 bits per heavy atom. The molecule has 0 aromatic heterocycles. The molecule has 1 heterocycles. The summed E-state index contributed by atoms with van der Waals surface area (Å²) >= 11 is 5.99. The smallest absolute Gasteiger partial charge is 0.174 e. The van der Waals surface area contributed by atoms with Gasteiger partial charge in [0.15, 0.2) is 16.6 Å². The minimum absolute atomic E-state index is 0.169. The van der Waals surface area contributed by atoms with Gasteiger partial charge in [-0.3, -0.25) is 0 Å². The molecular formula is C29H33FN2O3S. The number of rotatable bonds is 8. The molecule has 3 aromatic carbocycles. The predicted octanol–water partition coefficient (Wildman–Crippen LogP) is 6.34. The van der Waals surface area contributed by atoms with Crippen LogP contribution in [0.5, 0.6) is 17.2 Å². The molecular weight excluding hydrogens is 475 g/mol. The standard InChI is InChI=1S/C29H33FN2O3S/c1-5-19-8-7-9-20(6-2)28(19)31-29(36)32-15-14-21-16-26(33-3)27(34-4)17-24(21)25(32)18-35-23-12-10-22(30)11-13-23/h7-13,16-17,25H,5-6,14-15,18H2,1-4H3,(H,31,36)/t25-/m1/s1. The first-order chi connectivity index (χ1) is 17.5. The minimum Gasteiger partial charge on any atom is -0.493 e. The number of halogens is 1. The number of nitrogens with one attached hydrogen (secondary N) is 1. The Hall–Kier alpha value is -3.32.